The minimum Gasteiger partial charge on any atom is -0.387 e. The minimum atomic E-state index is -1.05. The summed E-state index contributed by atoms with van der Waals surface area (Å²) >= 11 is 0. The number of hydrogen-bond donors (Lipinski definition) is 2. The third-order valence-electron chi connectivity index (χ3n) is 2.07. The molecule has 0 aromatic heterocycles. The fourth-order valence-corrected chi connectivity index (χ4v) is 0.597. The average molecular weight is 158 g/mol. The molecule has 0 amide bonds. The monoisotopic (exact) mass is 158 g/mol. The Kier molecular flexibility index (Phi) is 3.27. The summed E-state index contributed by atoms with van der Waals surface area (Å²) in [5.41, 5.74) is -2.09. The van der Waals surface area contributed by atoms with Crippen LogP contribution in [0.15, 0.2) is 12.2 Å². The molecule has 2 N–H and O–H groups in total. The van der Waals surface area contributed by atoms with E-state index in [1.54, 1.807) is 20.8 Å². The van der Waals surface area contributed by atoms with Crippen LogP contribution in [0, 0.1) is 0 Å². The van der Waals surface area contributed by atoms with Crippen molar-refractivity contribution in [3.63, 3.8) is 0 Å². The van der Waals surface area contributed by atoms with E-state index in [-0.39, 0.29) is 0 Å². The molecule has 1 unspecified atom stereocenters. The third-order valence-corrected chi connectivity index (χ3v) is 2.07. The Morgan fingerprint density at radius 1 is 1.18 bits per heavy atom. The summed E-state index contributed by atoms with van der Waals surface area (Å²) in [5.74, 6) is 0. The Hall–Kier alpha value is -0.340. The highest BCUT2D eigenvalue weighted by Crippen LogP contribution is 2.24. The predicted molar refractivity (Wildman–Crippen MR) is 46.4 cm³/mol. The quantitative estimate of drug-likeness (QED) is 0.611. The summed E-state index contributed by atoms with van der Waals surface area (Å²) in [6, 6.07) is 0. The van der Waals surface area contributed by atoms with E-state index in [1.165, 1.54) is 0 Å². The maximum Gasteiger partial charge on any atom is 0.0934 e. The van der Waals surface area contributed by atoms with Gasteiger partial charge >= 0.3 is 0 Å². The van der Waals surface area contributed by atoms with Gasteiger partial charge in [0.15, 0.2) is 0 Å². The second kappa shape index (κ2) is 3.37. The van der Waals surface area contributed by atoms with Gasteiger partial charge in [-0.3, -0.25) is 0 Å². The van der Waals surface area contributed by atoms with Crippen LogP contribution < -0.4 is 0 Å². The molecule has 2 nitrogen and oxygen atoms in total. The second-order valence-corrected chi connectivity index (χ2v) is 3.61. The maximum absolute atomic E-state index is 9.68. The van der Waals surface area contributed by atoms with Crippen molar-refractivity contribution in [2.24, 2.45) is 0 Å². The summed E-state index contributed by atoms with van der Waals surface area (Å²) in [7, 11) is 0. The third kappa shape index (κ3) is 3.04. The smallest absolute Gasteiger partial charge is 0.0934 e. The summed E-state index contributed by atoms with van der Waals surface area (Å²) in [6.07, 6.45) is 4.19. The van der Waals surface area contributed by atoms with E-state index in [4.69, 9.17) is 0 Å². The summed E-state index contributed by atoms with van der Waals surface area (Å²) in [4.78, 5) is 0. The zero-order valence-electron chi connectivity index (χ0n) is 7.76. The second-order valence-electron chi connectivity index (χ2n) is 3.61. The van der Waals surface area contributed by atoms with Crippen molar-refractivity contribution >= 4 is 0 Å². The van der Waals surface area contributed by atoms with Gasteiger partial charge in [0.1, 0.15) is 0 Å². The molecule has 0 saturated carbocycles. The van der Waals surface area contributed by atoms with Crippen LogP contribution in [0.2, 0.25) is 0 Å². The molecule has 0 aromatic carbocycles. The molecule has 0 bridgehead atoms. The van der Waals surface area contributed by atoms with Crippen molar-refractivity contribution in [2.75, 3.05) is 0 Å². The van der Waals surface area contributed by atoms with Crippen LogP contribution >= 0.6 is 0 Å². The number of allylic oxidation sites excluding steroid dienone is 1. The summed E-state index contributed by atoms with van der Waals surface area (Å²) < 4.78 is 0. The van der Waals surface area contributed by atoms with Crippen LogP contribution in [-0.2, 0) is 0 Å². The van der Waals surface area contributed by atoms with Crippen LogP contribution in [0.3, 0.4) is 0 Å². The van der Waals surface area contributed by atoms with E-state index >= 15 is 0 Å². The lowest BCUT2D eigenvalue weighted by atomic mass is 9.85. The lowest BCUT2D eigenvalue weighted by molar-refractivity contribution is -0.117. The average Bonchev–Trinajstić information content (AvgIpc) is 1.81. The Morgan fingerprint density at radius 3 is 1.91 bits per heavy atom. The Balaban J connectivity index is 4.22. The zero-order valence-corrected chi connectivity index (χ0v) is 7.76. The summed E-state index contributed by atoms with van der Waals surface area (Å²) in [5, 5.41) is 19.2. The molecule has 0 radical (unpaired) electrons. The van der Waals surface area contributed by atoms with E-state index in [1.807, 2.05) is 19.1 Å². The first-order valence-electron chi connectivity index (χ1n) is 3.87. The van der Waals surface area contributed by atoms with Gasteiger partial charge in [0, 0.05) is 0 Å². The van der Waals surface area contributed by atoms with Crippen LogP contribution in [0.25, 0.3) is 0 Å². The molecular weight excluding hydrogens is 140 g/mol. The molecule has 0 aliphatic rings. The lowest BCUT2D eigenvalue weighted by Gasteiger charge is -2.34. The van der Waals surface area contributed by atoms with E-state index in [2.05, 4.69) is 0 Å². The molecule has 11 heavy (non-hydrogen) atoms. The SMILES string of the molecule is C/C=C\CC(C)(O)C(C)(C)O. The number of hydrogen-bond acceptors (Lipinski definition) is 2. The Morgan fingerprint density at radius 2 is 1.64 bits per heavy atom. The molecular formula is C9H18O2. The van der Waals surface area contributed by atoms with E-state index in [0.717, 1.165) is 0 Å². The largest absolute Gasteiger partial charge is 0.387 e. The molecule has 66 valence electrons. The lowest BCUT2D eigenvalue weighted by Crippen LogP contribution is -2.47. The highest BCUT2D eigenvalue weighted by atomic mass is 16.3. The van der Waals surface area contributed by atoms with E-state index in [0.29, 0.717) is 6.42 Å². The molecule has 0 rings (SSSR count). The van der Waals surface area contributed by atoms with E-state index in [9.17, 15) is 10.2 Å². The molecule has 0 fully saturated rings. The molecule has 0 saturated heterocycles. The van der Waals surface area contributed by atoms with Crippen molar-refractivity contribution in [3.05, 3.63) is 12.2 Å². The first-order valence-corrected chi connectivity index (χ1v) is 3.87. The van der Waals surface area contributed by atoms with Gasteiger partial charge in [-0.2, -0.15) is 0 Å². The minimum absolute atomic E-state index is 0.479. The van der Waals surface area contributed by atoms with Gasteiger partial charge in [-0.25, -0.2) is 0 Å². The summed E-state index contributed by atoms with van der Waals surface area (Å²) in [6.45, 7) is 6.74. The maximum atomic E-state index is 9.68. The van der Waals surface area contributed by atoms with E-state index < -0.39 is 11.2 Å². The molecule has 2 heteroatoms. The van der Waals surface area contributed by atoms with Crippen molar-refractivity contribution in [3.8, 4) is 0 Å². The molecule has 0 aromatic rings. The van der Waals surface area contributed by atoms with Gasteiger partial charge in [0.05, 0.1) is 11.2 Å². The molecule has 0 aliphatic carbocycles. The Bertz CT molecular complexity index is 140. The molecule has 0 aliphatic heterocycles. The van der Waals surface area contributed by atoms with Crippen molar-refractivity contribution in [1.82, 2.24) is 0 Å². The normalized spacial score (nSPS) is 18.7. The van der Waals surface area contributed by atoms with Crippen molar-refractivity contribution < 1.29 is 10.2 Å². The Labute approximate surface area is 68.6 Å². The van der Waals surface area contributed by atoms with Crippen LogP contribution in [0.1, 0.15) is 34.1 Å². The van der Waals surface area contributed by atoms with Crippen molar-refractivity contribution in [2.45, 2.75) is 45.3 Å². The van der Waals surface area contributed by atoms with Crippen LogP contribution in [0.5, 0.6) is 0 Å². The predicted octanol–water partition coefficient (Wildman–Crippen LogP) is 1.47. The van der Waals surface area contributed by atoms with Gasteiger partial charge in [-0.05, 0) is 34.1 Å². The van der Waals surface area contributed by atoms with Crippen molar-refractivity contribution in [1.29, 1.82) is 0 Å². The fraction of sp³-hybridized carbons (Fsp3) is 0.778. The number of aliphatic hydroxyl groups is 2. The van der Waals surface area contributed by atoms with Gasteiger partial charge in [-0.15, -0.1) is 0 Å². The first-order chi connectivity index (χ1) is 4.81. The number of rotatable bonds is 3. The first kappa shape index (κ1) is 10.7. The van der Waals surface area contributed by atoms with Crippen LogP contribution in [0.4, 0.5) is 0 Å². The molecule has 0 spiro atoms. The van der Waals surface area contributed by atoms with Crippen LogP contribution in [-0.4, -0.2) is 21.4 Å². The highest BCUT2D eigenvalue weighted by molar-refractivity contribution is 4.96. The van der Waals surface area contributed by atoms with Gasteiger partial charge < -0.3 is 10.2 Å². The van der Waals surface area contributed by atoms with Gasteiger partial charge in [0.25, 0.3) is 0 Å². The topological polar surface area (TPSA) is 40.5 Å². The standard InChI is InChI=1S/C9H18O2/c1-5-6-7-9(4,11)8(2,3)10/h5-6,10-11H,7H2,1-4H3/b6-5-. The van der Waals surface area contributed by atoms with Gasteiger partial charge in [-0.1, -0.05) is 12.2 Å². The van der Waals surface area contributed by atoms with Gasteiger partial charge in [0.2, 0.25) is 0 Å². The zero-order chi connectivity index (χ0) is 9.12. The molecule has 1 atom stereocenters. The fourth-order valence-electron chi connectivity index (χ4n) is 0.597. The highest BCUT2D eigenvalue weighted by Gasteiger charge is 2.35. The molecule has 0 heterocycles.